The number of aliphatic imine (C=N–C) groups is 2. The topological polar surface area (TPSA) is 116 Å². The molecule has 4 rings (SSSR count). The first kappa shape index (κ1) is 20.8. The van der Waals surface area contributed by atoms with Crippen LogP contribution >= 0.6 is 23.2 Å². The summed E-state index contributed by atoms with van der Waals surface area (Å²) in [4.78, 5) is 10.8. The molecule has 1 aromatic carbocycles. The van der Waals surface area contributed by atoms with Crippen molar-refractivity contribution in [3.63, 3.8) is 0 Å². The summed E-state index contributed by atoms with van der Waals surface area (Å²) in [6.07, 6.45) is 3.83. The number of rotatable bonds is 4. The van der Waals surface area contributed by atoms with Crippen LogP contribution in [0.25, 0.3) is 0 Å². The molecule has 3 aliphatic heterocycles. The van der Waals surface area contributed by atoms with Crippen LogP contribution in [0.1, 0.15) is 18.4 Å². The Balaban J connectivity index is 1.62. The van der Waals surface area contributed by atoms with E-state index in [4.69, 9.17) is 34.7 Å². The average molecular weight is 453 g/mol. The van der Waals surface area contributed by atoms with Crippen molar-refractivity contribution >= 4 is 34.9 Å². The van der Waals surface area contributed by atoms with Crippen molar-refractivity contribution in [2.75, 3.05) is 19.6 Å². The lowest BCUT2D eigenvalue weighted by Crippen LogP contribution is -2.41. The van der Waals surface area contributed by atoms with Crippen molar-refractivity contribution in [1.82, 2.24) is 21.1 Å². The van der Waals surface area contributed by atoms with Crippen molar-refractivity contribution in [2.24, 2.45) is 21.5 Å². The first-order valence-electron chi connectivity index (χ1n) is 9.67. The van der Waals surface area contributed by atoms with Crippen molar-refractivity contribution in [2.45, 2.75) is 25.4 Å². The van der Waals surface area contributed by atoms with Gasteiger partial charge in [0, 0.05) is 23.7 Å². The molecule has 1 saturated heterocycles. The molecule has 1 fully saturated rings. The van der Waals surface area contributed by atoms with Crippen LogP contribution in [0.5, 0.6) is 0 Å². The number of halogens is 3. The fraction of sp³-hybridized carbons (Fsp3) is 0.368. The lowest BCUT2D eigenvalue weighted by molar-refractivity contribution is 0.352. The van der Waals surface area contributed by atoms with E-state index in [2.05, 4.69) is 26.2 Å². The molecule has 3 aliphatic rings. The number of nitrogens with two attached hydrogens (primary N) is 2. The molecule has 1 unspecified atom stereocenters. The molecular formula is C19H23Cl2FN8. The van der Waals surface area contributed by atoms with Crippen molar-refractivity contribution in [3.8, 4) is 0 Å². The summed E-state index contributed by atoms with van der Waals surface area (Å²) < 4.78 is 13.9. The zero-order chi connectivity index (χ0) is 21.3. The van der Waals surface area contributed by atoms with Crippen molar-refractivity contribution in [1.29, 1.82) is 0 Å². The van der Waals surface area contributed by atoms with Gasteiger partial charge in [0.25, 0.3) is 0 Å². The maximum Gasteiger partial charge on any atom is 0.169 e. The molecule has 1 aromatic rings. The second kappa shape index (κ2) is 8.71. The molecule has 0 saturated carbocycles. The van der Waals surface area contributed by atoms with E-state index in [1.807, 2.05) is 4.90 Å². The Morgan fingerprint density at radius 2 is 2.17 bits per heavy atom. The molecule has 30 heavy (non-hydrogen) atoms. The van der Waals surface area contributed by atoms with Gasteiger partial charge >= 0.3 is 0 Å². The van der Waals surface area contributed by atoms with Crippen LogP contribution in [0, 0.1) is 5.82 Å². The largest absolute Gasteiger partial charge is 0.396 e. The molecule has 11 heteroatoms. The molecule has 1 atom stereocenters. The van der Waals surface area contributed by atoms with E-state index in [9.17, 15) is 4.39 Å². The van der Waals surface area contributed by atoms with E-state index in [0.717, 1.165) is 25.2 Å². The molecular weight excluding hydrogens is 430 g/mol. The smallest absolute Gasteiger partial charge is 0.169 e. The Labute approximate surface area is 183 Å². The number of hydrogen-bond acceptors (Lipinski definition) is 8. The zero-order valence-corrected chi connectivity index (χ0v) is 17.7. The number of amidine groups is 2. The second-order valence-electron chi connectivity index (χ2n) is 7.24. The lowest BCUT2D eigenvalue weighted by Gasteiger charge is -2.30. The van der Waals surface area contributed by atoms with Gasteiger partial charge in [-0.1, -0.05) is 23.2 Å². The second-order valence-corrected chi connectivity index (χ2v) is 8.02. The number of hydrazine groups is 1. The number of nitrogens with one attached hydrogen (secondary N) is 3. The molecule has 0 bridgehead atoms. The standard InChI is InChI=1S/C19H23Cl2FN8/c20-11-3-4-12(22)16(21)10(11)9-30-7-6-26-17(24)15(30)8-13(23)18-27-19(29-28-18)14-2-1-5-25-14/h3-4,8,14,25,28H,1-2,5-7,9,23H2,(H2,24,26)(H,27,29). The highest BCUT2D eigenvalue weighted by Gasteiger charge is 2.25. The van der Waals surface area contributed by atoms with Gasteiger partial charge in [-0.05, 0) is 37.6 Å². The van der Waals surface area contributed by atoms with Gasteiger partial charge in [0.05, 0.1) is 29.0 Å². The van der Waals surface area contributed by atoms with Gasteiger partial charge in [-0.15, -0.1) is 0 Å². The fourth-order valence-corrected chi connectivity index (χ4v) is 4.11. The summed E-state index contributed by atoms with van der Waals surface area (Å²) in [6, 6.07) is 2.92. The van der Waals surface area contributed by atoms with E-state index >= 15 is 0 Å². The van der Waals surface area contributed by atoms with E-state index in [-0.39, 0.29) is 17.6 Å². The maximum atomic E-state index is 13.9. The van der Waals surface area contributed by atoms with E-state index < -0.39 is 5.82 Å². The highest BCUT2D eigenvalue weighted by atomic mass is 35.5. The van der Waals surface area contributed by atoms with Gasteiger partial charge in [-0.2, -0.15) is 0 Å². The molecule has 0 radical (unpaired) electrons. The molecule has 7 N–H and O–H groups in total. The van der Waals surface area contributed by atoms with E-state index in [1.54, 1.807) is 6.08 Å². The van der Waals surface area contributed by atoms with Crippen LogP contribution < -0.4 is 27.6 Å². The highest BCUT2D eigenvalue weighted by molar-refractivity contribution is 6.36. The molecule has 160 valence electrons. The molecule has 8 nitrogen and oxygen atoms in total. The average Bonchev–Trinajstić information content (AvgIpc) is 3.42. The van der Waals surface area contributed by atoms with Gasteiger partial charge in [0.1, 0.15) is 17.5 Å². The van der Waals surface area contributed by atoms with Crippen LogP contribution in [-0.2, 0) is 6.54 Å². The quantitative estimate of drug-likeness (QED) is 0.442. The Morgan fingerprint density at radius 1 is 1.33 bits per heavy atom. The minimum absolute atomic E-state index is 0.00535. The third-order valence-corrected chi connectivity index (χ3v) is 6.00. The zero-order valence-electron chi connectivity index (χ0n) is 16.2. The summed E-state index contributed by atoms with van der Waals surface area (Å²) in [5.41, 5.74) is 20.0. The number of nitrogens with zero attached hydrogens (tertiary/aromatic N) is 3. The molecule has 3 heterocycles. The Bertz CT molecular complexity index is 966. The fourth-order valence-electron chi connectivity index (χ4n) is 3.62. The SMILES string of the molecule is NC1=NCCN(Cc2c(Cl)ccc(F)c2Cl)C1=CC(N)=C1N=C(C2CCCN2)NN1. The molecule has 0 aliphatic carbocycles. The first-order chi connectivity index (χ1) is 14.4. The summed E-state index contributed by atoms with van der Waals surface area (Å²) in [5.74, 6) is 1.13. The van der Waals surface area contributed by atoms with Gasteiger partial charge in [-0.3, -0.25) is 15.8 Å². The number of hydrogen-bond donors (Lipinski definition) is 5. The third kappa shape index (κ3) is 4.19. The highest BCUT2D eigenvalue weighted by Crippen LogP contribution is 2.30. The Kier molecular flexibility index (Phi) is 6.03. The van der Waals surface area contributed by atoms with Gasteiger partial charge < -0.3 is 21.7 Å². The van der Waals surface area contributed by atoms with Gasteiger partial charge in [-0.25, -0.2) is 9.38 Å². The van der Waals surface area contributed by atoms with E-state index in [0.29, 0.717) is 46.7 Å². The third-order valence-electron chi connectivity index (χ3n) is 5.24. The van der Waals surface area contributed by atoms with Crippen LogP contribution in [0.4, 0.5) is 4.39 Å². The van der Waals surface area contributed by atoms with Crippen LogP contribution in [0.3, 0.4) is 0 Å². The predicted molar refractivity (Wildman–Crippen MR) is 117 cm³/mol. The van der Waals surface area contributed by atoms with Crippen LogP contribution in [0.15, 0.2) is 45.4 Å². The minimum Gasteiger partial charge on any atom is -0.396 e. The van der Waals surface area contributed by atoms with Gasteiger partial charge in [0.2, 0.25) is 0 Å². The van der Waals surface area contributed by atoms with Crippen molar-refractivity contribution in [3.05, 3.63) is 56.8 Å². The normalized spacial score (nSPS) is 24.4. The molecule has 0 amide bonds. The Hall–Kier alpha value is -2.49. The summed E-state index contributed by atoms with van der Waals surface area (Å²) in [7, 11) is 0. The molecule has 0 spiro atoms. The van der Waals surface area contributed by atoms with Crippen LogP contribution in [-0.4, -0.2) is 42.2 Å². The maximum absolute atomic E-state index is 13.9. The van der Waals surface area contributed by atoms with Crippen LogP contribution in [0.2, 0.25) is 10.0 Å². The Morgan fingerprint density at radius 3 is 2.93 bits per heavy atom. The monoisotopic (exact) mass is 452 g/mol. The minimum atomic E-state index is -0.523. The number of allylic oxidation sites excluding steroid dienone is 1. The lowest BCUT2D eigenvalue weighted by atomic mass is 10.1. The van der Waals surface area contributed by atoms with Crippen molar-refractivity contribution < 1.29 is 4.39 Å². The molecule has 0 aromatic heterocycles. The number of benzene rings is 1. The predicted octanol–water partition coefficient (Wildman–Crippen LogP) is 1.58. The summed E-state index contributed by atoms with van der Waals surface area (Å²) in [6.45, 7) is 2.30. The van der Waals surface area contributed by atoms with E-state index in [1.165, 1.54) is 12.1 Å². The summed E-state index contributed by atoms with van der Waals surface area (Å²) in [5, 5.41) is 3.76. The van der Waals surface area contributed by atoms with Gasteiger partial charge in [0.15, 0.2) is 5.82 Å². The summed E-state index contributed by atoms with van der Waals surface area (Å²) >= 11 is 12.4. The first-order valence-corrected chi connectivity index (χ1v) is 10.4.